The monoisotopic (exact) mass is 320 g/mol. The molecule has 0 unspecified atom stereocenters. The summed E-state index contributed by atoms with van der Waals surface area (Å²) in [4.78, 5) is 28.3. The highest BCUT2D eigenvalue weighted by atomic mass is 32.1. The Morgan fingerprint density at radius 1 is 1.32 bits per heavy atom. The number of carbonyl (C=O) groups excluding carboxylic acids is 2. The van der Waals surface area contributed by atoms with E-state index in [0.717, 1.165) is 5.01 Å². The maximum Gasteiger partial charge on any atom is 0.350 e. The summed E-state index contributed by atoms with van der Waals surface area (Å²) in [5, 5.41) is 3.42. The number of benzene rings is 1. The number of hydrogen-bond acceptors (Lipinski definition) is 6. The minimum atomic E-state index is -0.538. The van der Waals surface area contributed by atoms with Crippen molar-refractivity contribution in [2.75, 3.05) is 19.0 Å². The Morgan fingerprint density at radius 2 is 2.09 bits per heavy atom. The Kier molecular flexibility index (Phi) is 5.11. The van der Waals surface area contributed by atoms with Crippen molar-refractivity contribution in [2.24, 2.45) is 0 Å². The van der Waals surface area contributed by atoms with Crippen LogP contribution in [0.15, 0.2) is 24.3 Å². The lowest BCUT2D eigenvalue weighted by Crippen LogP contribution is -2.20. The SMILES string of the molecule is COc1cccc(NC(=O)COC(=O)c2sc(C)nc2C)c1. The van der Waals surface area contributed by atoms with Crippen molar-refractivity contribution in [3.8, 4) is 5.75 Å². The molecule has 22 heavy (non-hydrogen) atoms. The number of nitrogens with one attached hydrogen (secondary N) is 1. The third-order valence-electron chi connectivity index (χ3n) is 2.78. The third-order valence-corrected chi connectivity index (χ3v) is 3.83. The van der Waals surface area contributed by atoms with Crippen LogP contribution < -0.4 is 10.1 Å². The number of nitrogens with zero attached hydrogens (tertiary/aromatic N) is 1. The average Bonchev–Trinajstić information content (AvgIpc) is 2.83. The molecule has 1 amide bonds. The summed E-state index contributed by atoms with van der Waals surface area (Å²) in [6.07, 6.45) is 0. The second-order valence-corrected chi connectivity index (χ2v) is 5.71. The fraction of sp³-hybridized carbons (Fsp3) is 0.267. The minimum Gasteiger partial charge on any atom is -0.497 e. The van der Waals surface area contributed by atoms with Crippen LogP contribution in [-0.2, 0) is 9.53 Å². The number of aromatic nitrogens is 1. The molecule has 1 heterocycles. The Morgan fingerprint density at radius 3 is 2.73 bits per heavy atom. The summed E-state index contributed by atoms with van der Waals surface area (Å²) in [6.45, 7) is 3.19. The van der Waals surface area contributed by atoms with Gasteiger partial charge < -0.3 is 14.8 Å². The number of anilines is 1. The molecule has 0 saturated carbocycles. The zero-order valence-corrected chi connectivity index (χ0v) is 13.3. The van der Waals surface area contributed by atoms with Crippen molar-refractivity contribution < 1.29 is 19.1 Å². The van der Waals surface area contributed by atoms with Gasteiger partial charge in [-0.3, -0.25) is 4.79 Å². The molecule has 116 valence electrons. The lowest BCUT2D eigenvalue weighted by atomic mass is 10.3. The standard InChI is InChI=1S/C15H16N2O4S/c1-9-14(22-10(2)16-9)15(19)21-8-13(18)17-11-5-4-6-12(7-11)20-3/h4-7H,8H2,1-3H3,(H,17,18). The highest BCUT2D eigenvalue weighted by molar-refractivity contribution is 7.13. The van der Waals surface area contributed by atoms with E-state index >= 15 is 0 Å². The van der Waals surface area contributed by atoms with Gasteiger partial charge in [-0.1, -0.05) is 6.07 Å². The largest absolute Gasteiger partial charge is 0.497 e. The molecule has 0 spiro atoms. The van der Waals surface area contributed by atoms with Gasteiger partial charge in [0.15, 0.2) is 6.61 Å². The predicted octanol–water partition coefficient (Wildman–Crippen LogP) is 2.56. The number of ether oxygens (including phenoxy) is 2. The molecule has 0 atom stereocenters. The highest BCUT2D eigenvalue weighted by Crippen LogP contribution is 2.18. The number of esters is 1. The number of rotatable bonds is 5. The first kappa shape index (κ1) is 16.0. The zero-order chi connectivity index (χ0) is 16.1. The van der Waals surface area contributed by atoms with Crippen molar-refractivity contribution in [3.63, 3.8) is 0 Å². The quantitative estimate of drug-likeness (QED) is 0.857. The molecule has 0 aliphatic rings. The second kappa shape index (κ2) is 7.04. The zero-order valence-electron chi connectivity index (χ0n) is 12.5. The molecular weight excluding hydrogens is 304 g/mol. The molecule has 0 aliphatic heterocycles. The number of hydrogen-bond donors (Lipinski definition) is 1. The predicted molar refractivity (Wildman–Crippen MR) is 83.5 cm³/mol. The van der Waals surface area contributed by atoms with Crippen molar-refractivity contribution in [3.05, 3.63) is 39.8 Å². The van der Waals surface area contributed by atoms with Gasteiger partial charge in [0.2, 0.25) is 0 Å². The summed E-state index contributed by atoms with van der Waals surface area (Å²) in [5.74, 6) is -0.324. The maximum absolute atomic E-state index is 11.9. The first-order chi connectivity index (χ1) is 10.5. The van der Waals surface area contributed by atoms with Crippen molar-refractivity contribution in [2.45, 2.75) is 13.8 Å². The first-order valence-corrected chi connectivity index (χ1v) is 7.36. The number of aryl methyl sites for hydroxylation is 2. The van der Waals surface area contributed by atoms with Gasteiger partial charge in [0.25, 0.3) is 5.91 Å². The van der Waals surface area contributed by atoms with Gasteiger partial charge in [0.1, 0.15) is 10.6 Å². The van der Waals surface area contributed by atoms with Crippen molar-refractivity contribution in [1.82, 2.24) is 4.98 Å². The van der Waals surface area contributed by atoms with Crippen LogP contribution in [-0.4, -0.2) is 30.6 Å². The van der Waals surface area contributed by atoms with Gasteiger partial charge in [-0.05, 0) is 26.0 Å². The van der Waals surface area contributed by atoms with Crippen LogP contribution in [0.3, 0.4) is 0 Å². The summed E-state index contributed by atoms with van der Waals surface area (Å²) in [5.41, 5.74) is 1.19. The Hall–Kier alpha value is -2.41. The van der Waals surface area contributed by atoms with Gasteiger partial charge in [-0.25, -0.2) is 9.78 Å². The van der Waals surface area contributed by atoms with Crippen LogP contribution in [0.25, 0.3) is 0 Å². The molecule has 6 nitrogen and oxygen atoms in total. The molecule has 2 rings (SSSR count). The Labute approximate surface area is 132 Å². The maximum atomic E-state index is 11.9. The molecule has 0 aliphatic carbocycles. The summed E-state index contributed by atoms with van der Waals surface area (Å²) in [7, 11) is 1.54. The number of carbonyl (C=O) groups is 2. The van der Waals surface area contributed by atoms with E-state index in [1.54, 1.807) is 38.3 Å². The van der Waals surface area contributed by atoms with Crippen LogP contribution in [0, 0.1) is 13.8 Å². The molecule has 1 N–H and O–H groups in total. The molecule has 2 aromatic rings. The fourth-order valence-corrected chi connectivity index (χ4v) is 2.63. The molecule has 0 fully saturated rings. The van der Waals surface area contributed by atoms with Gasteiger partial charge in [0, 0.05) is 11.8 Å². The first-order valence-electron chi connectivity index (χ1n) is 6.54. The Balaban J connectivity index is 1.90. The van der Waals surface area contributed by atoms with Crippen LogP contribution in [0.1, 0.15) is 20.4 Å². The number of amides is 1. The van der Waals surface area contributed by atoms with Crippen LogP contribution in [0.5, 0.6) is 5.75 Å². The highest BCUT2D eigenvalue weighted by Gasteiger charge is 2.16. The van der Waals surface area contributed by atoms with E-state index in [1.807, 2.05) is 6.92 Å². The van der Waals surface area contributed by atoms with E-state index in [9.17, 15) is 9.59 Å². The molecule has 0 radical (unpaired) electrons. The number of methoxy groups -OCH3 is 1. The van der Waals surface area contributed by atoms with E-state index in [2.05, 4.69) is 10.3 Å². The molecule has 0 saturated heterocycles. The smallest absolute Gasteiger partial charge is 0.350 e. The van der Waals surface area contributed by atoms with Gasteiger partial charge in [-0.15, -0.1) is 11.3 Å². The van der Waals surface area contributed by atoms with Crippen LogP contribution in [0.2, 0.25) is 0 Å². The normalized spacial score (nSPS) is 10.1. The lowest BCUT2D eigenvalue weighted by Gasteiger charge is -2.07. The van der Waals surface area contributed by atoms with Crippen LogP contribution in [0.4, 0.5) is 5.69 Å². The summed E-state index contributed by atoms with van der Waals surface area (Å²) in [6, 6.07) is 6.92. The van der Waals surface area contributed by atoms with Crippen molar-refractivity contribution >= 4 is 28.9 Å². The second-order valence-electron chi connectivity index (χ2n) is 4.50. The van der Waals surface area contributed by atoms with Crippen LogP contribution >= 0.6 is 11.3 Å². The van der Waals surface area contributed by atoms with E-state index in [-0.39, 0.29) is 6.61 Å². The molecule has 0 bridgehead atoms. The van der Waals surface area contributed by atoms with Crippen molar-refractivity contribution in [1.29, 1.82) is 0 Å². The Bertz CT molecular complexity index is 697. The molecule has 1 aromatic heterocycles. The van der Waals surface area contributed by atoms with E-state index in [4.69, 9.17) is 9.47 Å². The minimum absolute atomic E-state index is 0.355. The van der Waals surface area contributed by atoms with E-state index in [1.165, 1.54) is 11.3 Å². The van der Waals surface area contributed by atoms with E-state index < -0.39 is 11.9 Å². The fourth-order valence-electron chi connectivity index (χ4n) is 1.82. The van der Waals surface area contributed by atoms with Gasteiger partial charge in [0.05, 0.1) is 17.8 Å². The number of thiazole rings is 1. The topological polar surface area (TPSA) is 77.5 Å². The molecular formula is C15H16N2O4S. The van der Waals surface area contributed by atoms with Gasteiger partial charge >= 0.3 is 5.97 Å². The average molecular weight is 320 g/mol. The lowest BCUT2D eigenvalue weighted by molar-refractivity contribution is -0.119. The van der Waals surface area contributed by atoms with Gasteiger partial charge in [-0.2, -0.15) is 0 Å². The summed E-state index contributed by atoms with van der Waals surface area (Å²) < 4.78 is 10.1. The molecule has 1 aromatic carbocycles. The summed E-state index contributed by atoms with van der Waals surface area (Å²) >= 11 is 1.25. The molecule has 7 heteroatoms. The van der Waals surface area contributed by atoms with E-state index in [0.29, 0.717) is 22.0 Å². The third kappa shape index (κ3) is 4.05.